The van der Waals surface area contributed by atoms with Crippen molar-refractivity contribution in [2.75, 3.05) is 0 Å². The van der Waals surface area contributed by atoms with Crippen LogP contribution in [0.4, 0.5) is 4.39 Å². The summed E-state index contributed by atoms with van der Waals surface area (Å²) in [6.45, 7) is 3.81. The lowest BCUT2D eigenvalue weighted by Gasteiger charge is -2.07. The largest absolute Gasteiger partial charge is 0.298 e. The van der Waals surface area contributed by atoms with E-state index in [2.05, 4.69) is 0 Å². The van der Waals surface area contributed by atoms with Gasteiger partial charge in [-0.05, 0) is 30.0 Å². The van der Waals surface area contributed by atoms with Gasteiger partial charge in [-0.15, -0.1) is 0 Å². The normalized spacial score (nSPS) is 10.1. The minimum absolute atomic E-state index is 0.276. The fourth-order valence-corrected chi connectivity index (χ4v) is 1.50. The van der Waals surface area contributed by atoms with Gasteiger partial charge >= 0.3 is 0 Å². The standard InChI is InChI=1S/C11H13FO/c1-3-8-5-6-11(12)9(4-2)10(8)7-13/h5-7H,3-4H2,1-2H3. The van der Waals surface area contributed by atoms with Crippen LogP contribution in [-0.4, -0.2) is 6.29 Å². The molecule has 1 nitrogen and oxygen atoms in total. The molecule has 0 radical (unpaired) electrons. The van der Waals surface area contributed by atoms with Crippen molar-refractivity contribution in [3.8, 4) is 0 Å². The molecule has 0 N–H and O–H groups in total. The molecule has 0 heterocycles. The molecular weight excluding hydrogens is 167 g/mol. The minimum Gasteiger partial charge on any atom is -0.298 e. The van der Waals surface area contributed by atoms with Gasteiger partial charge in [0.05, 0.1) is 0 Å². The average Bonchev–Trinajstić information content (AvgIpc) is 2.17. The molecule has 1 aromatic carbocycles. The van der Waals surface area contributed by atoms with E-state index < -0.39 is 0 Å². The van der Waals surface area contributed by atoms with Gasteiger partial charge in [0.15, 0.2) is 6.29 Å². The van der Waals surface area contributed by atoms with Crippen molar-refractivity contribution in [3.63, 3.8) is 0 Å². The summed E-state index contributed by atoms with van der Waals surface area (Å²) in [6, 6.07) is 3.11. The Morgan fingerprint density at radius 1 is 1.31 bits per heavy atom. The number of rotatable bonds is 3. The summed E-state index contributed by atoms with van der Waals surface area (Å²) < 4.78 is 13.2. The summed E-state index contributed by atoms with van der Waals surface area (Å²) in [5, 5.41) is 0. The van der Waals surface area contributed by atoms with E-state index in [1.807, 2.05) is 13.8 Å². The first-order valence-electron chi connectivity index (χ1n) is 4.50. The molecule has 0 aliphatic heterocycles. The maximum absolute atomic E-state index is 13.2. The van der Waals surface area contributed by atoms with Gasteiger partial charge in [-0.2, -0.15) is 0 Å². The highest BCUT2D eigenvalue weighted by Gasteiger charge is 2.09. The summed E-state index contributed by atoms with van der Waals surface area (Å²) >= 11 is 0. The lowest BCUT2D eigenvalue weighted by Crippen LogP contribution is -2.00. The van der Waals surface area contributed by atoms with E-state index in [-0.39, 0.29) is 5.82 Å². The Morgan fingerprint density at radius 3 is 2.46 bits per heavy atom. The SMILES string of the molecule is CCc1ccc(F)c(CC)c1C=O. The Hall–Kier alpha value is -1.18. The maximum Gasteiger partial charge on any atom is 0.150 e. The van der Waals surface area contributed by atoms with Gasteiger partial charge in [-0.3, -0.25) is 4.79 Å². The molecule has 0 bridgehead atoms. The summed E-state index contributed by atoms with van der Waals surface area (Å²) in [4.78, 5) is 10.8. The van der Waals surface area contributed by atoms with Crippen LogP contribution in [0, 0.1) is 5.82 Å². The minimum atomic E-state index is -0.276. The number of carbonyl (C=O) groups is 1. The van der Waals surface area contributed by atoms with Crippen molar-refractivity contribution in [3.05, 3.63) is 34.6 Å². The molecule has 0 saturated heterocycles. The van der Waals surface area contributed by atoms with Crippen molar-refractivity contribution < 1.29 is 9.18 Å². The third-order valence-corrected chi connectivity index (χ3v) is 2.24. The van der Waals surface area contributed by atoms with Gasteiger partial charge in [0.2, 0.25) is 0 Å². The number of aldehydes is 1. The Balaban J connectivity index is 3.36. The Morgan fingerprint density at radius 2 is 2.00 bits per heavy atom. The highest BCUT2D eigenvalue weighted by atomic mass is 19.1. The molecule has 1 rings (SSSR count). The summed E-state index contributed by atoms with van der Waals surface area (Å²) in [5.74, 6) is -0.276. The number of hydrogen-bond acceptors (Lipinski definition) is 1. The number of benzene rings is 1. The zero-order chi connectivity index (χ0) is 9.84. The van der Waals surface area contributed by atoms with E-state index in [1.54, 1.807) is 6.07 Å². The summed E-state index contributed by atoms with van der Waals surface area (Å²) in [7, 11) is 0. The van der Waals surface area contributed by atoms with Crippen LogP contribution in [0.15, 0.2) is 12.1 Å². The first-order chi connectivity index (χ1) is 6.24. The number of hydrogen-bond donors (Lipinski definition) is 0. The second-order valence-electron chi connectivity index (χ2n) is 2.92. The predicted molar refractivity (Wildman–Crippen MR) is 50.5 cm³/mol. The average molecular weight is 180 g/mol. The zero-order valence-electron chi connectivity index (χ0n) is 7.93. The van der Waals surface area contributed by atoms with Crippen LogP contribution in [0.25, 0.3) is 0 Å². The van der Waals surface area contributed by atoms with E-state index in [0.29, 0.717) is 17.5 Å². The van der Waals surface area contributed by atoms with Crippen LogP contribution in [0.1, 0.15) is 35.3 Å². The molecule has 0 atom stereocenters. The third kappa shape index (κ3) is 1.77. The van der Waals surface area contributed by atoms with Gasteiger partial charge in [-0.1, -0.05) is 19.9 Å². The summed E-state index contributed by atoms with van der Waals surface area (Å²) in [5.41, 5.74) is 1.99. The zero-order valence-corrected chi connectivity index (χ0v) is 7.93. The van der Waals surface area contributed by atoms with Crippen molar-refractivity contribution in [2.45, 2.75) is 26.7 Å². The number of halogens is 1. The fourth-order valence-electron chi connectivity index (χ4n) is 1.50. The van der Waals surface area contributed by atoms with Gasteiger partial charge in [0.1, 0.15) is 5.82 Å². The van der Waals surface area contributed by atoms with Crippen LogP contribution in [0.3, 0.4) is 0 Å². The van der Waals surface area contributed by atoms with Crippen LogP contribution in [0.2, 0.25) is 0 Å². The van der Waals surface area contributed by atoms with E-state index >= 15 is 0 Å². The second-order valence-corrected chi connectivity index (χ2v) is 2.92. The van der Waals surface area contributed by atoms with Crippen molar-refractivity contribution in [2.24, 2.45) is 0 Å². The molecule has 1 aromatic rings. The van der Waals surface area contributed by atoms with E-state index in [4.69, 9.17) is 0 Å². The molecule has 0 aliphatic rings. The second kappa shape index (κ2) is 4.17. The predicted octanol–water partition coefficient (Wildman–Crippen LogP) is 2.76. The first kappa shape index (κ1) is 9.90. The van der Waals surface area contributed by atoms with Crippen LogP contribution in [-0.2, 0) is 12.8 Å². The van der Waals surface area contributed by atoms with Gasteiger partial charge in [0, 0.05) is 5.56 Å². The smallest absolute Gasteiger partial charge is 0.150 e. The Kier molecular flexibility index (Phi) is 3.18. The third-order valence-electron chi connectivity index (χ3n) is 2.24. The monoisotopic (exact) mass is 180 g/mol. The van der Waals surface area contributed by atoms with Crippen LogP contribution in [0.5, 0.6) is 0 Å². The number of aryl methyl sites for hydroxylation is 1. The van der Waals surface area contributed by atoms with Gasteiger partial charge in [-0.25, -0.2) is 4.39 Å². The molecule has 0 amide bonds. The van der Waals surface area contributed by atoms with E-state index in [1.165, 1.54) is 6.07 Å². The molecule has 2 heteroatoms. The highest BCUT2D eigenvalue weighted by molar-refractivity contribution is 5.79. The lowest BCUT2D eigenvalue weighted by atomic mass is 9.98. The quantitative estimate of drug-likeness (QED) is 0.654. The fraction of sp³-hybridized carbons (Fsp3) is 0.364. The molecule has 0 fully saturated rings. The molecule has 0 unspecified atom stereocenters. The van der Waals surface area contributed by atoms with Crippen molar-refractivity contribution >= 4 is 6.29 Å². The molecule has 13 heavy (non-hydrogen) atoms. The van der Waals surface area contributed by atoms with E-state index in [9.17, 15) is 9.18 Å². The highest BCUT2D eigenvalue weighted by Crippen LogP contribution is 2.17. The lowest BCUT2D eigenvalue weighted by molar-refractivity contribution is 0.112. The molecular formula is C11H13FO. The molecule has 0 aromatic heterocycles. The maximum atomic E-state index is 13.2. The molecule has 0 saturated carbocycles. The van der Waals surface area contributed by atoms with Gasteiger partial charge < -0.3 is 0 Å². The number of carbonyl (C=O) groups excluding carboxylic acids is 1. The Labute approximate surface area is 77.6 Å². The van der Waals surface area contributed by atoms with Gasteiger partial charge in [0.25, 0.3) is 0 Å². The van der Waals surface area contributed by atoms with Crippen molar-refractivity contribution in [1.29, 1.82) is 0 Å². The molecule has 70 valence electrons. The van der Waals surface area contributed by atoms with Crippen LogP contribution >= 0.6 is 0 Å². The van der Waals surface area contributed by atoms with E-state index in [0.717, 1.165) is 18.3 Å². The Bertz CT molecular complexity index is 318. The molecule has 0 aliphatic carbocycles. The van der Waals surface area contributed by atoms with Crippen molar-refractivity contribution in [1.82, 2.24) is 0 Å². The topological polar surface area (TPSA) is 17.1 Å². The molecule has 0 spiro atoms. The summed E-state index contributed by atoms with van der Waals surface area (Å²) in [6.07, 6.45) is 2.08. The van der Waals surface area contributed by atoms with Crippen LogP contribution < -0.4 is 0 Å². The first-order valence-corrected chi connectivity index (χ1v) is 4.50.